The summed E-state index contributed by atoms with van der Waals surface area (Å²) >= 11 is 0. The van der Waals surface area contributed by atoms with E-state index >= 15 is 0 Å². The zero-order valence-electron chi connectivity index (χ0n) is 18.7. The summed E-state index contributed by atoms with van der Waals surface area (Å²) in [5, 5.41) is 0. The molecule has 7 nitrogen and oxygen atoms in total. The van der Waals surface area contributed by atoms with Gasteiger partial charge in [0.1, 0.15) is 0 Å². The van der Waals surface area contributed by atoms with E-state index < -0.39 is 21.8 Å². The van der Waals surface area contributed by atoms with Crippen LogP contribution in [0, 0.1) is 0 Å². The van der Waals surface area contributed by atoms with E-state index in [9.17, 15) is 18.0 Å². The molecule has 0 heterocycles. The number of amides is 2. The van der Waals surface area contributed by atoms with Gasteiger partial charge in [-0.25, -0.2) is 12.7 Å². The molecule has 4 aromatic rings. The predicted molar refractivity (Wildman–Crippen MR) is 135 cm³/mol. The maximum Gasteiger partial charge on any atom is 0.268 e. The Bertz CT molecular complexity index is 1470. The number of hydrogen-bond donors (Lipinski definition) is 2. The van der Waals surface area contributed by atoms with Crippen LogP contribution in [0.5, 0.6) is 0 Å². The fourth-order valence-corrected chi connectivity index (χ4v) is 5.17. The number of benzene rings is 4. The number of hydrogen-bond acceptors (Lipinski definition) is 4. The molecule has 0 radical (unpaired) electrons. The topological polar surface area (TPSA) is 124 Å². The summed E-state index contributed by atoms with van der Waals surface area (Å²) in [4.78, 5) is 23.3. The average molecular weight is 486 g/mol. The summed E-state index contributed by atoms with van der Waals surface area (Å²) in [6, 6.07) is 28.4. The van der Waals surface area contributed by atoms with E-state index in [1.165, 1.54) is 36.4 Å². The number of nitrogens with two attached hydrogens (primary N) is 2. The Balaban J connectivity index is 1.76. The van der Waals surface area contributed by atoms with Gasteiger partial charge in [-0.15, -0.1) is 0 Å². The van der Waals surface area contributed by atoms with Crippen molar-refractivity contribution in [2.75, 3.05) is 4.31 Å². The molecule has 4 N–H and O–H groups in total. The van der Waals surface area contributed by atoms with Gasteiger partial charge in [0.05, 0.1) is 16.3 Å². The zero-order chi connectivity index (χ0) is 25.0. The van der Waals surface area contributed by atoms with E-state index in [0.29, 0.717) is 6.42 Å². The first-order valence-electron chi connectivity index (χ1n) is 10.7. The molecule has 0 spiro atoms. The third-order valence-electron chi connectivity index (χ3n) is 5.46. The number of primary amides is 2. The Hall–Kier alpha value is -4.43. The second-order valence-corrected chi connectivity index (χ2v) is 9.69. The lowest BCUT2D eigenvalue weighted by molar-refractivity contribution is 0.0992. The Labute approximate surface area is 203 Å². The van der Waals surface area contributed by atoms with Crippen LogP contribution in [-0.2, 0) is 16.4 Å². The molecule has 35 heavy (non-hydrogen) atoms. The van der Waals surface area contributed by atoms with Gasteiger partial charge in [-0.05, 0) is 72.1 Å². The van der Waals surface area contributed by atoms with Gasteiger partial charge in [0, 0.05) is 11.1 Å². The van der Waals surface area contributed by atoms with Crippen molar-refractivity contribution in [1.82, 2.24) is 0 Å². The molecule has 0 bridgehead atoms. The first-order valence-corrected chi connectivity index (χ1v) is 12.2. The summed E-state index contributed by atoms with van der Waals surface area (Å²) in [5.41, 5.74) is 13.7. The van der Waals surface area contributed by atoms with Crippen molar-refractivity contribution in [3.63, 3.8) is 0 Å². The van der Waals surface area contributed by atoms with Crippen molar-refractivity contribution >= 4 is 33.2 Å². The van der Waals surface area contributed by atoms with Gasteiger partial charge >= 0.3 is 0 Å². The molecular formula is C27H23N3O4S. The van der Waals surface area contributed by atoms with Crippen molar-refractivity contribution in [3.8, 4) is 0 Å². The predicted octanol–water partition coefficient (Wildman–Crippen LogP) is 4.00. The minimum Gasteiger partial charge on any atom is -0.366 e. The number of nitrogens with zero attached hydrogens (tertiary/aromatic N) is 1. The van der Waals surface area contributed by atoms with Crippen LogP contribution in [-0.4, -0.2) is 20.2 Å². The third-order valence-corrected chi connectivity index (χ3v) is 7.23. The van der Waals surface area contributed by atoms with E-state index in [1.54, 1.807) is 36.4 Å². The van der Waals surface area contributed by atoms with Crippen LogP contribution in [0.3, 0.4) is 0 Å². The van der Waals surface area contributed by atoms with Crippen LogP contribution >= 0.6 is 0 Å². The summed E-state index contributed by atoms with van der Waals surface area (Å²) in [6.45, 7) is 0. The maximum absolute atomic E-state index is 13.8. The van der Waals surface area contributed by atoms with E-state index in [2.05, 4.69) is 0 Å². The van der Waals surface area contributed by atoms with Crippen molar-refractivity contribution in [2.45, 2.75) is 11.3 Å². The van der Waals surface area contributed by atoms with E-state index in [1.807, 2.05) is 30.3 Å². The Kier molecular flexibility index (Phi) is 6.66. The highest BCUT2D eigenvalue weighted by Gasteiger charge is 2.27. The molecule has 0 aromatic heterocycles. The molecule has 4 aromatic carbocycles. The summed E-state index contributed by atoms with van der Waals surface area (Å²) in [5.74, 6) is -1.31. The number of anilines is 2. The normalized spacial score (nSPS) is 11.1. The molecular weight excluding hydrogens is 462 g/mol. The lowest BCUT2D eigenvalue weighted by atomic mass is 10.1. The van der Waals surface area contributed by atoms with E-state index in [4.69, 9.17) is 11.5 Å². The number of rotatable bonds is 8. The largest absolute Gasteiger partial charge is 0.366 e. The van der Waals surface area contributed by atoms with Gasteiger partial charge in [0.15, 0.2) is 0 Å². The van der Waals surface area contributed by atoms with Crippen LogP contribution < -0.4 is 15.8 Å². The van der Waals surface area contributed by atoms with Crippen LogP contribution in [0.25, 0.3) is 0 Å². The Morgan fingerprint density at radius 2 is 1.23 bits per heavy atom. The molecule has 0 aliphatic carbocycles. The third kappa shape index (κ3) is 5.23. The quantitative estimate of drug-likeness (QED) is 0.391. The molecule has 0 aliphatic rings. The molecule has 0 saturated heterocycles. The van der Waals surface area contributed by atoms with E-state index in [0.717, 1.165) is 15.4 Å². The van der Waals surface area contributed by atoms with Crippen molar-refractivity contribution in [3.05, 3.63) is 125 Å². The van der Waals surface area contributed by atoms with Crippen LogP contribution in [0.1, 0.15) is 31.8 Å². The first-order chi connectivity index (χ1) is 16.8. The minimum absolute atomic E-state index is 0.0674. The van der Waals surface area contributed by atoms with Gasteiger partial charge in [0.25, 0.3) is 10.0 Å². The molecule has 0 unspecified atom stereocenters. The number of carbonyl (C=O) groups excluding carboxylic acids is 2. The van der Waals surface area contributed by atoms with Gasteiger partial charge in [-0.3, -0.25) is 9.59 Å². The monoisotopic (exact) mass is 485 g/mol. The fraction of sp³-hybridized carbons (Fsp3) is 0.0370. The lowest BCUT2D eigenvalue weighted by Crippen LogP contribution is -2.27. The molecule has 2 amide bonds. The second-order valence-electron chi connectivity index (χ2n) is 7.90. The highest BCUT2D eigenvalue weighted by atomic mass is 32.2. The van der Waals surface area contributed by atoms with Crippen LogP contribution in [0.4, 0.5) is 11.4 Å². The fourth-order valence-electron chi connectivity index (χ4n) is 3.69. The highest BCUT2D eigenvalue weighted by molar-refractivity contribution is 7.93. The molecule has 0 fully saturated rings. The minimum atomic E-state index is -4.11. The maximum atomic E-state index is 13.8. The van der Waals surface area contributed by atoms with Gasteiger partial charge in [0.2, 0.25) is 11.8 Å². The van der Waals surface area contributed by atoms with Crippen molar-refractivity contribution in [1.29, 1.82) is 0 Å². The summed E-state index contributed by atoms with van der Waals surface area (Å²) in [6.07, 6.45) is 0.667. The highest BCUT2D eigenvalue weighted by Crippen LogP contribution is 2.33. The summed E-state index contributed by atoms with van der Waals surface area (Å²) in [7, 11) is -4.11. The smallest absolute Gasteiger partial charge is 0.268 e. The Morgan fingerprint density at radius 1 is 0.629 bits per heavy atom. The zero-order valence-corrected chi connectivity index (χ0v) is 19.5. The number of sulfonamides is 1. The van der Waals surface area contributed by atoms with Crippen LogP contribution in [0.15, 0.2) is 108 Å². The molecule has 0 atom stereocenters. The molecule has 0 aliphatic heterocycles. The molecule has 176 valence electrons. The standard InChI is InChI=1S/C27H23N3O4S/c28-26(31)21-11-13-23(14-12-21)30(24-8-4-7-22(18-24)27(29)32)35(33,34)25-15-9-20(10-16-25)17-19-5-2-1-3-6-19/h1-16,18H,17H2,(H2,28,31)(H2,29,32). The molecule has 0 saturated carbocycles. The van der Waals surface area contributed by atoms with Crippen molar-refractivity contribution in [2.24, 2.45) is 11.5 Å². The molecule has 8 heteroatoms. The number of carbonyl (C=O) groups is 2. The second kappa shape index (κ2) is 9.82. The van der Waals surface area contributed by atoms with Gasteiger partial charge in [-0.2, -0.15) is 0 Å². The Morgan fingerprint density at radius 3 is 1.83 bits per heavy atom. The first kappa shape index (κ1) is 23.7. The van der Waals surface area contributed by atoms with Crippen LogP contribution in [0.2, 0.25) is 0 Å². The SMILES string of the molecule is NC(=O)c1ccc(N(c2cccc(C(N)=O)c2)S(=O)(=O)c2ccc(Cc3ccccc3)cc2)cc1. The average Bonchev–Trinajstić information content (AvgIpc) is 2.85. The molecule has 4 rings (SSSR count). The van der Waals surface area contributed by atoms with Gasteiger partial charge in [-0.1, -0.05) is 48.5 Å². The van der Waals surface area contributed by atoms with E-state index in [-0.39, 0.29) is 27.4 Å². The lowest BCUT2D eigenvalue weighted by Gasteiger charge is -2.25. The summed E-state index contributed by atoms with van der Waals surface area (Å²) < 4.78 is 28.7. The van der Waals surface area contributed by atoms with Gasteiger partial charge < -0.3 is 11.5 Å². The van der Waals surface area contributed by atoms with Crippen molar-refractivity contribution < 1.29 is 18.0 Å².